The van der Waals surface area contributed by atoms with Gasteiger partial charge in [0.15, 0.2) is 0 Å². The Labute approximate surface area is 75.9 Å². The van der Waals surface area contributed by atoms with E-state index in [0.29, 0.717) is 6.42 Å². The van der Waals surface area contributed by atoms with Crippen LogP contribution in [0.25, 0.3) is 11.6 Å². The van der Waals surface area contributed by atoms with Gasteiger partial charge in [0.1, 0.15) is 0 Å². The molecule has 1 aromatic rings. The molecule has 0 bridgehead atoms. The van der Waals surface area contributed by atoms with Crippen LogP contribution in [0.2, 0.25) is 5.02 Å². The first-order valence-corrected chi connectivity index (χ1v) is 4.06. The normalized spacial score (nSPS) is 12.5. The summed E-state index contributed by atoms with van der Waals surface area (Å²) in [6.07, 6.45) is 2.50. The van der Waals surface area contributed by atoms with Crippen molar-refractivity contribution in [2.24, 2.45) is 0 Å². The van der Waals surface area contributed by atoms with Gasteiger partial charge in [0.2, 0.25) is 0 Å². The molecule has 1 nitrogen and oxygen atoms in total. The molecule has 0 saturated heterocycles. The molecule has 0 atom stereocenters. The van der Waals surface area contributed by atoms with Crippen LogP contribution < -0.4 is 0 Å². The minimum absolute atomic E-state index is 0.480. The lowest BCUT2D eigenvalue weighted by atomic mass is 9.87. The number of fused-ring (bicyclic) bond motifs is 1. The van der Waals surface area contributed by atoms with Crippen LogP contribution in [0.3, 0.4) is 0 Å². The van der Waals surface area contributed by atoms with Crippen LogP contribution in [0.4, 0.5) is 0 Å². The zero-order valence-electron chi connectivity index (χ0n) is 6.34. The zero-order valence-corrected chi connectivity index (χ0v) is 7.10. The van der Waals surface area contributed by atoms with Crippen molar-refractivity contribution in [1.29, 1.82) is 5.26 Å². The van der Waals surface area contributed by atoms with Crippen LogP contribution in [0, 0.1) is 11.3 Å². The van der Waals surface area contributed by atoms with Gasteiger partial charge in [-0.2, -0.15) is 5.26 Å². The average molecular weight is 176 g/mol. The van der Waals surface area contributed by atoms with Crippen LogP contribution >= 0.6 is 11.6 Å². The van der Waals surface area contributed by atoms with Gasteiger partial charge in [-0.3, -0.25) is 0 Å². The molecule has 2 rings (SSSR count). The zero-order chi connectivity index (χ0) is 8.55. The quantitative estimate of drug-likeness (QED) is 0.644. The minimum Gasteiger partial charge on any atom is -0.198 e. The Balaban J connectivity index is 2.36. The standard InChI is InChI=1S/C10H6ClN/c11-9-2-1-7-5-8(3-4-12)10(7)6-9/h1-2,5-6H,3H2. The van der Waals surface area contributed by atoms with Crippen molar-refractivity contribution >= 4 is 23.3 Å². The summed E-state index contributed by atoms with van der Waals surface area (Å²) < 4.78 is 0. The van der Waals surface area contributed by atoms with E-state index in [2.05, 4.69) is 6.07 Å². The van der Waals surface area contributed by atoms with Crippen LogP contribution in [-0.2, 0) is 0 Å². The van der Waals surface area contributed by atoms with Gasteiger partial charge in [0.05, 0.1) is 12.5 Å². The van der Waals surface area contributed by atoms with Gasteiger partial charge in [-0.1, -0.05) is 17.7 Å². The lowest BCUT2D eigenvalue weighted by Gasteiger charge is -2.17. The average Bonchev–Trinajstić information content (AvgIpc) is 2.05. The second-order valence-corrected chi connectivity index (χ2v) is 3.17. The van der Waals surface area contributed by atoms with Gasteiger partial charge < -0.3 is 0 Å². The summed E-state index contributed by atoms with van der Waals surface area (Å²) in [7, 11) is 0. The third kappa shape index (κ3) is 1.01. The minimum atomic E-state index is 0.480. The summed E-state index contributed by atoms with van der Waals surface area (Å²) in [5, 5.41) is 9.21. The molecular formula is C10H6ClN. The van der Waals surface area contributed by atoms with E-state index >= 15 is 0 Å². The highest BCUT2D eigenvalue weighted by molar-refractivity contribution is 6.31. The Morgan fingerprint density at radius 2 is 2.25 bits per heavy atom. The van der Waals surface area contributed by atoms with Crippen molar-refractivity contribution < 1.29 is 0 Å². The van der Waals surface area contributed by atoms with E-state index < -0.39 is 0 Å². The molecule has 0 radical (unpaired) electrons. The predicted molar refractivity (Wildman–Crippen MR) is 49.6 cm³/mol. The Hall–Kier alpha value is -1.26. The highest BCUT2D eigenvalue weighted by Gasteiger charge is 2.15. The molecule has 0 saturated carbocycles. The fraction of sp³-hybridized carbons (Fsp3) is 0.100. The monoisotopic (exact) mass is 175 g/mol. The van der Waals surface area contributed by atoms with E-state index in [9.17, 15) is 0 Å². The summed E-state index contributed by atoms with van der Waals surface area (Å²) in [6.45, 7) is 0. The third-order valence-electron chi connectivity index (χ3n) is 1.96. The molecule has 0 aliphatic heterocycles. The van der Waals surface area contributed by atoms with E-state index in [4.69, 9.17) is 16.9 Å². The van der Waals surface area contributed by atoms with Gasteiger partial charge in [0, 0.05) is 5.02 Å². The molecule has 0 fully saturated rings. The van der Waals surface area contributed by atoms with E-state index in [1.165, 1.54) is 5.56 Å². The maximum atomic E-state index is 8.47. The summed E-state index contributed by atoms with van der Waals surface area (Å²) in [5.41, 5.74) is 3.41. The summed E-state index contributed by atoms with van der Waals surface area (Å²) in [6, 6.07) is 7.86. The first-order chi connectivity index (χ1) is 5.81. The molecule has 1 aliphatic rings. The van der Waals surface area contributed by atoms with Gasteiger partial charge in [0.25, 0.3) is 0 Å². The highest BCUT2D eigenvalue weighted by atomic mass is 35.5. The van der Waals surface area contributed by atoms with Crippen LogP contribution in [-0.4, -0.2) is 0 Å². The molecule has 0 N–H and O–H groups in total. The van der Waals surface area contributed by atoms with E-state index in [-0.39, 0.29) is 0 Å². The number of hydrogen-bond acceptors (Lipinski definition) is 1. The number of nitriles is 1. The molecule has 0 spiro atoms. The molecular weight excluding hydrogens is 170 g/mol. The van der Waals surface area contributed by atoms with Crippen LogP contribution in [0.15, 0.2) is 18.2 Å². The lowest BCUT2D eigenvalue weighted by Crippen LogP contribution is -1.97. The number of hydrogen-bond donors (Lipinski definition) is 0. The molecule has 1 aliphatic carbocycles. The molecule has 58 valence electrons. The molecule has 1 aromatic carbocycles. The second-order valence-electron chi connectivity index (χ2n) is 2.74. The van der Waals surface area contributed by atoms with E-state index in [1.54, 1.807) is 0 Å². The van der Waals surface area contributed by atoms with Crippen molar-refractivity contribution in [2.45, 2.75) is 6.42 Å². The maximum absolute atomic E-state index is 8.47. The molecule has 0 amide bonds. The van der Waals surface area contributed by atoms with Gasteiger partial charge in [-0.15, -0.1) is 0 Å². The molecule has 0 heterocycles. The topological polar surface area (TPSA) is 23.8 Å². The number of benzene rings is 1. The van der Waals surface area contributed by atoms with Gasteiger partial charge >= 0.3 is 0 Å². The van der Waals surface area contributed by atoms with Gasteiger partial charge in [-0.25, -0.2) is 0 Å². The molecule has 2 heteroatoms. The Morgan fingerprint density at radius 1 is 1.42 bits per heavy atom. The molecule has 0 aromatic heterocycles. The number of nitrogens with zero attached hydrogens (tertiary/aromatic N) is 1. The first-order valence-electron chi connectivity index (χ1n) is 3.69. The third-order valence-corrected chi connectivity index (χ3v) is 2.20. The van der Waals surface area contributed by atoms with Crippen molar-refractivity contribution in [3.63, 3.8) is 0 Å². The largest absolute Gasteiger partial charge is 0.198 e. The first kappa shape index (κ1) is 7.39. The number of halogens is 1. The maximum Gasteiger partial charge on any atom is 0.0669 e. The van der Waals surface area contributed by atoms with Crippen LogP contribution in [0.1, 0.15) is 17.5 Å². The van der Waals surface area contributed by atoms with Crippen molar-refractivity contribution in [2.75, 3.05) is 0 Å². The van der Waals surface area contributed by atoms with Crippen molar-refractivity contribution in [3.05, 3.63) is 34.3 Å². The van der Waals surface area contributed by atoms with E-state index in [1.807, 2.05) is 24.3 Å². The highest BCUT2D eigenvalue weighted by Crippen LogP contribution is 2.35. The second kappa shape index (κ2) is 2.66. The lowest BCUT2D eigenvalue weighted by molar-refractivity contribution is 1.33. The fourth-order valence-corrected chi connectivity index (χ4v) is 1.52. The summed E-state index contributed by atoms with van der Waals surface area (Å²) >= 11 is 5.81. The fourth-order valence-electron chi connectivity index (χ4n) is 1.35. The summed E-state index contributed by atoms with van der Waals surface area (Å²) in [5.74, 6) is 0. The Bertz CT molecular complexity index is 399. The van der Waals surface area contributed by atoms with E-state index in [0.717, 1.165) is 16.2 Å². The van der Waals surface area contributed by atoms with Crippen molar-refractivity contribution in [1.82, 2.24) is 0 Å². The predicted octanol–water partition coefficient (Wildman–Crippen LogP) is 3.11. The van der Waals surface area contributed by atoms with Gasteiger partial charge in [-0.05, 0) is 34.9 Å². The molecule has 12 heavy (non-hydrogen) atoms. The summed E-state index contributed by atoms with van der Waals surface area (Å²) in [4.78, 5) is 0. The van der Waals surface area contributed by atoms with Crippen molar-refractivity contribution in [3.8, 4) is 6.07 Å². The molecule has 0 unspecified atom stereocenters. The van der Waals surface area contributed by atoms with Crippen LogP contribution in [0.5, 0.6) is 0 Å². The number of allylic oxidation sites excluding steroid dienone is 1. The Morgan fingerprint density at radius 3 is 3.00 bits per heavy atom. The smallest absolute Gasteiger partial charge is 0.0669 e. The Kier molecular flexibility index (Phi) is 1.64. The SMILES string of the molecule is N#CCC1=Cc2ccc(Cl)cc21. The number of rotatable bonds is 1.